The van der Waals surface area contributed by atoms with Crippen molar-refractivity contribution in [1.29, 1.82) is 0 Å². The zero-order valence-electron chi connectivity index (χ0n) is 12.2. The van der Waals surface area contributed by atoms with Gasteiger partial charge in [0.2, 0.25) is 0 Å². The second kappa shape index (κ2) is 8.66. The van der Waals surface area contributed by atoms with E-state index in [0.29, 0.717) is 3.74 Å². The van der Waals surface area contributed by atoms with Crippen LogP contribution in [0.5, 0.6) is 5.75 Å². The van der Waals surface area contributed by atoms with Gasteiger partial charge in [-0.25, -0.2) is 0 Å². The minimum atomic E-state index is -2.65. The zero-order chi connectivity index (χ0) is 14.3. The Morgan fingerprint density at radius 2 is 1.79 bits per heavy atom. The van der Waals surface area contributed by atoms with Crippen molar-refractivity contribution in [3.8, 4) is 5.75 Å². The third kappa shape index (κ3) is 5.58. The maximum absolute atomic E-state index is 12.3. The van der Waals surface area contributed by atoms with Gasteiger partial charge in [0, 0.05) is 0 Å². The van der Waals surface area contributed by atoms with Crippen molar-refractivity contribution >= 4 is 23.3 Å². The van der Waals surface area contributed by atoms with Crippen molar-refractivity contribution in [3.05, 3.63) is 17.3 Å². The van der Waals surface area contributed by atoms with E-state index in [4.69, 9.17) is 0 Å². The van der Waals surface area contributed by atoms with Gasteiger partial charge in [-0.1, -0.05) is 0 Å². The molecule has 0 radical (unpaired) electrons. The molecule has 1 aromatic rings. The molecule has 0 unspecified atom stereocenters. The number of pyridine rings is 1. The molecule has 0 aromatic carbocycles. The van der Waals surface area contributed by atoms with Gasteiger partial charge in [0.05, 0.1) is 0 Å². The Morgan fingerprint density at radius 1 is 1.16 bits per heavy atom. The fraction of sp³-hybridized carbons (Fsp3) is 0.667. The van der Waals surface area contributed by atoms with E-state index in [9.17, 15) is 8.21 Å². The van der Waals surface area contributed by atoms with Gasteiger partial charge in [0.1, 0.15) is 0 Å². The molecule has 0 aliphatic rings. The zero-order valence-corrected chi connectivity index (χ0v) is 14.6. The van der Waals surface area contributed by atoms with Crippen molar-refractivity contribution in [3.63, 3.8) is 0 Å². The van der Waals surface area contributed by atoms with E-state index in [0.717, 1.165) is 28.6 Å². The van der Waals surface area contributed by atoms with Crippen LogP contribution in [0.25, 0.3) is 0 Å². The molecule has 0 amide bonds. The summed E-state index contributed by atoms with van der Waals surface area (Å²) in [5.41, 5.74) is 1.63. The fourth-order valence-electron chi connectivity index (χ4n) is 2.06. The molecule has 1 heterocycles. The molecule has 4 heteroatoms. The van der Waals surface area contributed by atoms with Crippen molar-refractivity contribution in [2.45, 2.75) is 63.8 Å². The normalized spacial score (nSPS) is 11.2. The van der Waals surface area contributed by atoms with E-state index in [-0.39, 0.29) is 5.75 Å². The average Bonchev–Trinajstić information content (AvgIpc) is 2.37. The van der Waals surface area contributed by atoms with Crippen LogP contribution in [0, 0.1) is 13.8 Å². The summed E-state index contributed by atoms with van der Waals surface area (Å²) in [6, 6.07) is 1.83. The molecule has 3 nitrogen and oxygen atoms in total. The Balaban J connectivity index is 2.46. The van der Waals surface area contributed by atoms with Crippen LogP contribution in [0.15, 0.2) is 6.07 Å². The topological polar surface area (TPSA) is 50.2 Å². The van der Waals surface area contributed by atoms with Gasteiger partial charge < -0.3 is 0 Å². The Kier molecular flexibility index (Phi) is 7.56. The molecule has 0 aliphatic heterocycles. The van der Waals surface area contributed by atoms with Crippen molar-refractivity contribution < 1.29 is 8.21 Å². The van der Waals surface area contributed by atoms with Crippen molar-refractivity contribution in [2.24, 2.45) is 0 Å². The predicted molar refractivity (Wildman–Crippen MR) is 79.6 cm³/mol. The molecule has 0 fully saturated rings. The Morgan fingerprint density at radius 3 is 2.47 bits per heavy atom. The summed E-state index contributed by atoms with van der Waals surface area (Å²) in [7, 11) is 0. The molecule has 0 bridgehead atoms. The minimum absolute atomic E-state index is 0.156. The van der Waals surface area contributed by atoms with E-state index in [1.54, 1.807) is 0 Å². The SMILES string of the molecule is CCCCCCCC[Te](=O)c1nc(C)cc(C)c1O. The van der Waals surface area contributed by atoms with E-state index in [2.05, 4.69) is 11.9 Å². The molecule has 0 aliphatic carbocycles. The first kappa shape index (κ1) is 16.6. The molecular weight excluding hydrogens is 354 g/mol. The van der Waals surface area contributed by atoms with Crippen LogP contribution in [0.2, 0.25) is 4.47 Å². The van der Waals surface area contributed by atoms with Gasteiger partial charge in [0.25, 0.3) is 0 Å². The van der Waals surface area contributed by atoms with Crippen LogP contribution in [0.4, 0.5) is 0 Å². The van der Waals surface area contributed by atoms with Gasteiger partial charge in [0.15, 0.2) is 0 Å². The maximum atomic E-state index is 12.3. The molecule has 0 saturated carbocycles. The summed E-state index contributed by atoms with van der Waals surface area (Å²) < 4.78 is 13.5. The second-order valence-corrected chi connectivity index (χ2v) is 9.29. The van der Waals surface area contributed by atoms with Crippen LogP contribution in [0.3, 0.4) is 0 Å². The number of nitrogens with zero attached hydrogens (tertiary/aromatic N) is 1. The number of aryl methyl sites for hydroxylation is 2. The molecule has 1 aromatic heterocycles. The summed E-state index contributed by atoms with van der Waals surface area (Å²) in [5, 5.41) is 9.95. The molecule has 0 saturated heterocycles. The first-order valence-corrected chi connectivity index (χ1v) is 10.9. The van der Waals surface area contributed by atoms with Gasteiger partial charge >= 0.3 is 123 Å². The number of aromatic nitrogens is 1. The van der Waals surface area contributed by atoms with Crippen LogP contribution in [-0.4, -0.2) is 29.6 Å². The average molecular weight is 379 g/mol. The van der Waals surface area contributed by atoms with E-state index >= 15 is 0 Å². The number of rotatable bonds is 8. The third-order valence-electron chi connectivity index (χ3n) is 3.18. The van der Waals surface area contributed by atoms with Gasteiger partial charge in [-0.15, -0.1) is 0 Å². The van der Waals surface area contributed by atoms with Crippen LogP contribution < -0.4 is 3.74 Å². The molecule has 0 spiro atoms. The van der Waals surface area contributed by atoms with E-state index in [1.807, 2.05) is 19.9 Å². The third-order valence-corrected chi connectivity index (χ3v) is 7.10. The summed E-state index contributed by atoms with van der Waals surface area (Å²) >= 11 is -2.65. The molecule has 19 heavy (non-hydrogen) atoms. The fourth-order valence-corrected chi connectivity index (χ4v) is 5.72. The van der Waals surface area contributed by atoms with E-state index in [1.165, 1.54) is 25.7 Å². The molecule has 108 valence electrons. The number of aromatic hydroxyl groups is 1. The van der Waals surface area contributed by atoms with Crippen molar-refractivity contribution in [2.75, 3.05) is 0 Å². The van der Waals surface area contributed by atoms with Gasteiger partial charge in [-0.2, -0.15) is 0 Å². The van der Waals surface area contributed by atoms with Gasteiger partial charge in [-0.3, -0.25) is 0 Å². The summed E-state index contributed by atoms with van der Waals surface area (Å²) in [6.45, 7) is 5.92. The Bertz CT molecular complexity index is 432. The monoisotopic (exact) mass is 381 g/mol. The molecule has 1 N–H and O–H groups in total. The van der Waals surface area contributed by atoms with Crippen LogP contribution in [0.1, 0.15) is 56.7 Å². The Hall–Kier alpha value is -0.460. The standard InChI is InChI=1S/C15H25NO2Te/c1-4-5-6-7-8-9-10-19(18)15-14(17)12(2)11-13(3)16-15/h11,17H,4-10H2,1-3H3. The van der Waals surface area contributed by atoms with E-state index < -0.39 is 19.5 Å². The van der Waals surface area contributed by atoms with Crippen molar-refractivity contribution in [1.82, 2.24) is 4.98 Å². The number of hydrogen-bond acceptors (Lipinski definition) is 3. The van der Waals surface area contributed by atoms with Crippen LogP contribution >= 0.6 is 0 Å². The summed E-state index contributed by atoms with van der Waals surface area (Å²) in [6.07, 6.45) is 7.19. The predicted octanol–water partition coefficient (Wildman–Crippen LogP) is 3.39. The Labute approximate surface area is 123 Å². The summed E-state index contributed by atoms with van der Waals surface area (Å²) in [5.74, 6) is 0.156. The number of hydrogen-bond donors (Lipinski definition) is 1. The second-order valence-electron chi connectivity index (χ2n) is 5.05. The molecule has 1 rings (SSSR count). The number of unbranched alkanes of at least 4 members (excludes halogenated alkanes) is 5. The molecule has 0 atom stereocenters. The van der Waals surface area contributed by atoms with Gasteiger partial charge in [-0.05, 0) is 0 Å². The first-order chi connectivity index (χ1) is 9.06. The van der Waals surface area contributed by atoms with Crippen LogP contribution in [-0.2, 0) is 3.10 Å². The quantitative estimate of drug-likeness (QED) is 0.557. The molecular formula is C15H25NO2Te. The first-order valence-electron chi connectivity index (χ1n) is 7.11. The summed E-state index contributed by atoms with van der Waals surface area (Å²) in [4.78, 5) is 4.27.